The molecule has 7 nitrogen and oxygen atoms in total. The monoisotopic (exact) mass is 307 g/mol. The summed E-state index contributed by atoms with van der Waals surface area (Å²) < 4.78 is 5.00. The van der Waals surface area contributed by atoms with Crippen molar-refractivity contribution in [3.05, 3.63) is 35.4 Å². The average Bonchev–Trinajstić information content (AvgIpc) is 2.35. The van der Waals surface area contributed by atoms with Gasteiger partial charge in [-0.3, -0.25) is 4.79 Å². The summed E-state index contributed by atoms with van der Waals surface area (Å²) in [6.45, 7) is 4.97. The molecule has 7 heteroatoms. The minimum Gasteiger partial charge on any atom is -0.548 e. The summed E-state index contributed by atoms with van der Waals surface area (Å²) in [6, 6.07) is 4.96. The number of carbonyl (C=O) groups is 3. The van der Waals surface area contributed by atoms with Crippen LogP contribution in [0.3, 0.4) is 0 Å². The van der Waals surface area contributed by atoms with Crippen molar-refractivity contribution in [3.63, 3.8) is 0 Å². The second kappa shape index (κ2) is 6.93. The molecular formula is C15H19N2O5-. The van der Waals surface area contributed by atoms with Gasteiger partial charge in [0.05, 0.1) is 12.0 Å². The topological polar surface area (TPSA) is 122 Å². The van der Waals surface area contributed by atoms with Crippen LogP contribution in [0.2, 0.25) is 0 Å². The molecule has 0 aliphatic rings. The molecule has 2 amide bonds. The van der Waals surface area contributed by atoms with Gasteiger partial charge in [0, 0.05) is 5.56 Å². The molecular weight excluding hydrogens is 288 g/mol. The Morgan fingerprint density at radius 1 is 1.27 bits per heavy atom. The van der Waals surface area contributed by atoms with Crippen molar-refractivity contribution in [1.82, 2.24) is 5.32 Å². The number of alkyl carbamates (subject to hydrolysis) is 1. The van der Waals surface area contributed by atoms with Gasteiger partial charge in [-0.15, -0.1) is 0 Å². The quantitative estimate of drug-likeness (QED) is 0.791. The number of ether oxygens (including phenoxy) is 1. The Labute approximate surface area is 128 Å². The SMILES string of the molecule is CC(C)(C)OC(=O)N[C@@H](Cc1ccccc1C(N)=O)C(=O)[O-]. The number of carbonyl (C=O) groups excluding carboxylic acids is 3. The number of carboxylic acids is 1. The number of hydrogen-bond donors (Lipinski definition) is 2. The average molecular weight is 307 g/mol. The lowest BCUT2D eigenvalue weighted by atomic mass is 10.00. The van der Waals surface area contributed by atoms with E-state index in [-0.39, 0.29) is 12.0 Å². The zero-order valence-corrected chi connectivity index (χ0v) is 12.7. The minimum atomic E-state index is -1.48. The molecule has 0 radical (unpaired) electrons. The predicted octanol–water partition coefficient (Wildman–Crippen LogP) is -0.0288. The standard InChI is InChI=1S/C15H20N2O5/c1-15(2,3)22-14(21)17-11(13(19)20)8-9-6-4-5-7-10(9)12(16)18/h4-7,11H,8H2,1-3H3,(H2,16,18)(H,17,21)(H,19,20)/p-1/t11-/m0/s1. The van der Waals surface area contributed by atoms with Crippen molar-refractivity contribution < 1.29 is 24.2 Å². The van der Waals surface area contributed by atoms with Crippen molar-refractivity contribution >= 4 is 18.0 Å². The van der Waals surface area contributed by atoms with Crippen molar-refractivity contribution in [2.24, 2.45) is 5.73 Å². The summed E-state index contributed by atoms with van der Waals surface area (Å²) in [4.78, 5) is 34.2. The molecule has 0 aliphatic carbocycles. The highest BCUT2D eigenvalue weighted by molar-refractivity contribution is 5.94. The molecule has 0 aliphatic heterocycles. The third-order valence-electron chi connectivity index (χ3n) is 2.68. The number of carboxylic acid groups (broad SMARTS) is 1. The Balaban J connectivity index is 2.88. The van der Waals surface area contributed by atoms with Crippen molar-refractivity contribution in [1.29, 1.82) is 0 Å². The van der Waals surface area contributed by atoms with Crippen LogP contribution >= 0.6 is 0 Å². The van der Waals surface area contributed by atoms with Gasteiger partial charge in [0.2, 0.25) is 5.91 Å². The maximum Gasteiger partial charge on any atom is 0.408 e. The molecule has 0 fully saturated rings. The summed E-state index contributed by atoms with van der Waals surface area (Å²) in [5.74, 6) is -2.16. The molecule has 22 heavy (non-hydrogen) atoms. The summed E-state index contributed by atoms with van der Waals surface area (Å²) in [5, 5.41) is 13.4. The first kappa shape index (κ1) is 17.5. The molecule has 120 valence electrons. The predicted molar refractivity (Wildman–Crippen MR) is 76.8 cm³/mol. The first-order valence-corrected chi connectivity index (χ1v) is 6.68. The largest absolute Gasteiger partial charge is 0.548 e. The molecule has 0 unspecified atom stereocenters. The van der Waals surface area contributed by atoms with Gasteiger partial charge in [0.1, 0.15) is 5.60 Å². The van der Waals surface area contributed by atoms with E-state index in [9.17, 15) is 19.5 Å². The number of rotatable bonds is 5. The normalized spacial score (nSPS) is 12.3. The fraction of sp³-hybridized carbons (Fsp3) is 0.400. The van der Waals surface area contributed by atoms with Crippen molar-refractivity contribution in [2.45, 2.75) is 38.8 Å². The zero-order chi connectivity index (χ0) is 16.9. The van der Waals surface area contributed by atoms with Crippen LogP contribution in [0.5, 0.6) is 0 Å². The maximum atomic E-state index is 11.7. The summed E-state index contributed by atoms with van der Waals surface area (Å²) >= 11 is 0. The highest BCUT2D eigenvalue weighted by Crippen LogP contribution is 2.12. The van der Waals surface area contributed by atoms with E-state index in [1.54, 1.807) is 39.0 Å². The Kier molecular flexibility index (Phi) is 5.50. The van der Waals surface area contributed by atoms with Crippen LogP contribution < -0.4 is 16.2 Å². The van der Waals surface area contributed by atoms with Crippen LogP contribution in [-0.2, 0) is 16.0 Å². The van der Waals surface area contributed by atoms with Crippen molar-refractivity contribution in [2.75, 3.05) is 0 Å². The van der Waals surface area contributed by atoms with Gasteiger partial charge in [0.15, 0.2) is 0 Å². The Morgan fingerprint density at radius 3 is 2.36 bits per heavy atom. The smallest absolute Gasteiger partial charge is 0.408 e. The highest BCUT2D eigenvalue weighted by atomic mass is 16.6. The zero-order valence-electron chi connectivity index (χ0n) is 12.7. The lowest BCUT2D eigenvalue weighted by molar-refractivity contribution is -0.308. The van der Waals surface area contributed by atoms with Crippen LogP contribution in [-0.4, -0.2) is 29.6 Å². The van der Waals surface area contributed by atoms with Gasteiger partial charge < -0.3 is 25.7 Å². The Morgan fingerprint density at radius 2 is 1.86 bits per heavy atom. The fourth-order valence-electron chi connectivity index (χ4n) is 1.80. The highest BCUT2D eigenvalue weighted by Gasteiger charge is 2.21. The van der Waals surface area contributed by atoms with E-state index in [2.05, 4.69) is 5.32 Å². The van der Waals surface area contributed by atoms with Gasteiger partial charge in [0.25, 0.3) is 0 Å². The second-order valence-electron chi connectivity index (χ2n) is 5.74. The van der Waals surface area contributed by atoms with Crippen molar-refractivity contribution in [3.8, 4) is 0 Å². The Bertz CT molecular complexity index is 578. The summed E-state index contributed by atoms with van der Waals surface area (Å²) in [5.41, 5.74) is 5.08. The molecule has 1 atom stereocenters. The van der Waals surface area contributed by atoms with Gasteiger partial charge in [-0.25, -0.2) is 4.79 Å². The third kappa shape index (κ3) is 5.43. The molecule has 0 aromatic heterocycles. The number of amides is 2. The number of hydrogen-bond acceptors (Lipinski definition) is 5. The molecule has 3 N–H and O–H groups in total. The number of nitrogens with one attached hydrogen (secondary N) is 1. The molecule has 1 aromatic carbocycles. The van der Waals surface area contributed by atoms with E-state index < -0.39 is 29.6 Å². The number of aliphatic carboxylic acids is 1. The first-order valence-electron chi connectivity index (χ1n) is 6.68. The van der Waals surface area contributed by atoms with E-state index in [1.165, 1.54) is 6.07 Å². The lowest BCUT2D eigenvalue weighted by Crippen LogP contribution is -2.50. The molecule has 0 saturated carbocycles. The molecule has 0 bridgehead atoms. The number of benzene rings is 1. The number of primary amides is 1. The van der Waals surface area contributed by atoms with Crippen LogP contribution in [0.15, 0.2) is 24.3 Å². The van der Waals surface area contributed by atoms with E-state index in [0.29, 0.717) is 5.56 Å². The fourth-order valence-corrected chi connectivity index (χ4v) is 1.80. The minimum absolute atomic E-state index is 0.138. The van der Waals surface area contributed by atoms with E-state index in [4.69, 9.17) is 10.5 Å². The second-order valence-corrected chi connectivity index (χ2v) is 5.74. The van der Waals surface area contributed by atoms with Gasteiger partial charge in [-0.2, -0.15) is 0 Å². The van der Waals surface area contributed by atoms with Crippen LogP contribution in [0.25, 0.3) is 0 Å². The van der Waals surface area contributed by atoms with Gasteiger partial charge in [-0.05, 0) is 38.8 Å². The molecule has 1 rings (SSSR count). The molecule has 0 spiro atoms. The molecule has 0 heterocycles. The number of nitrogens with two attached hydrogens (primary N) is 1. The maximum absolute atomic E-state index is 11.7. The summed E-state index contributed by atoms with van der Waals surface area (Å²) in [6.07, 6.45) is -1.01. The lowest BCUT2D eigenvalue weighted by Gasteiger charge is -2.24. The van der Waals surface area contributed by atoms with Crippen LogP contribution in [0.1, 0.15) is 36.7 Å². The summed E-state index contributed by atoms with van der Waals surface area (Å²) in [7, 11) is 0. The Hall–Kier alpha value is -2.57. The van der Waals surface area contributed by atoms with Gasteiger partial charge in [-0.1, -0.05) is 18.2 Å². The molecule has 0 saturated heterocycles. The van der Waals surface area contributed by atoms with Crippen LogP contribution in [0, 0.1) is 0 Å². The van der Waals surface area contributed by atoms with E-state index in [1.807, 2.05) is 0 Å². The molecule has 1 aromatic rings. The van der Waals surface area contributed by atoms with Gasteiger partial charge >= 0.3 is 6.09 Å². The third-order valence-corrected chi connectivity index (χ3v) is 2.68. The van der Waals surface area contributed by atoms with E-state index >= 15 is 0 Å². The van der Waals surface area contributed by atoms with Crippen LogP contribution in [0.4, 0.5) is 4.79 Å². The van der Waals surface area contributed by atoms with E-state index in [0.717, 1.165) is 0 Å². The first-order chi connectivity index (χ1) is 10.1.